The molecule has 0 bridgehead atoms. The molecule has 0 aliphatic rings. The Labute approximate surface area is 114 Å². The monoisotopic (exact) mass is 265 g/mol. The van der Waals surface area contributed by atoms with Crippen LogP contribution in [-0.2, 0) is 16.0 Å². The molecule has 0 aromatic carbocycles. The number of carbonyl (C=O) groups is 1. The van der Waals surface area contributed by atoms with E-state index in [4.69, 9.17) is 10.5 Å². The van der Waals surface area contributed by atoms with E-state index in [1.165, 1.54) is 0 Å². The lowest BCUT2D eigenvalue weighted by atomic mass is 10.2. The predicted molar refractivity (Wildman–Crippen MR) is 74.7 cm³/mol. The fraction of sp³-hybridized carbons (Fsp3) is 0.571. The zero-order valence-corrected chi connectivity index (χ0v) is 11.7. The Hall–Kier alpha value is -1.46. The lowest BCUT2D eigenvalue weighted by Gasteiger charge is -2.25. The summed E-state index contributed by atoms with van der Waals surface area (Å²) in [5.74, 6) is -0.0559. The molecular weight excluding hydrogens is 242 g/mol. The van der Waals surface area contributed by atoms with Crippen molar-refractivity contribution in [1.29, 1.82) is 0 Å². The molecule has 1 aromatic rings. The number of nitrogens with two attached hydrogens (primary N) is 1. The summed E-state index contributed by atoms with van der Waals surface area (Å²) < 4.78 is 4.93. The average Bonchev–Trinajstić information content (AvgIpc) is 2.44. The molecule has 0 saturated heterocycles. The first-order valence-electron chi connectivity index (χ1n) is 6.62. The maximum atomic E-state index is 12.1. The number of hydrogen-bond acceptors (Lipinski definition) is 4. The summed E-state index contributed by atoms with van der Waals surface area (Å²) >= 11 is 0. The van der Waals surface area contributed by atoms with Crippen LogP contribution in [0.3, 0.4) is 0 Å². The quantitative estimate of drug-likeness (QED) is 0.756. The molecule has 5 heteroatoms. The highest BCUT2D eigenvalue weighted by Gasteiger charge is 2.20. The van der Waals surface area contributed by atoms with Gasteiger partial charge < -0.3 is 15.4 Å². The SMILES string of the molecule is CCCN(CCc1ccccn1)C(=O)C(N)COC. The van der Waals surface area contributed by atoms with Gasteiger partial charge in [0.05, 0.1) is 6.61 Å². The van der Waals surface area contributed by atoms with Gasteiger partial charge in [0, 0.05) is 38.5 Å². The molecule has 0 saturated carbocycles. The highest BCUT2D eigenvalue weighted by molar-refractivity contribution is 5.81. The predicted octanol–water partition coefficient (Wildman–Crippen LogP) is 0.836. The molecule has 1 heterocycles. The molecule has 1 aromatic heterocycles. The van der Waals surface area contributed by atoms with Crippen molar-refractivity contribution in [3.63, 3.8) is 0 Å². The number of amides is 1. The van der Waals surface area contributed by atoms with Gasteiger partial charge in [0.2, 0.25) is 5.91 Å². The maximum Gasteiger partial charge on any atom is 0.241 e. The molecule has 0 aliphatic carbocycles. The van der Waals surface area contributed by atoms with Crippen LogP contribution < -0.4 is 5.73 Å². The first kappa shape index (κ1) is 15.6. The summed E-state index contributed by atoms with van der Waals surface area (Å²) in [6.45, 7) is 3.65. The Kier molecular flexibility index (Phi) is 7.07. The molecule has 0 spiro atoms. The van der Waals surface area contributed by atoms with Crippen molar-refractivity contribution in [3.8, 4) is 0 Å². The van der Waals surface area contributed by atoms with Gasteiger partial charge in [-0.3, -0.25) is 9.78 Å². The van der Waals surface area contributed by atoms with E-state index >= 15 is 0 Å². The number of rotatable bonds is 8. The maximum absolute atomic E-state index is 12.1. The number of aromatic nitrogens is 1. The molecule has 1 unspecified atom stereocenters. The molecule has 0 aliphatic heterocycles. The highest BCUT2D eigenvalue weighted by Crippen LogP contribution is 2.01. The van der Waals surface area contributed by atoms with Crippen LogP contribution in [0.15, 0.2) is 24.4 Å². The summed E-state index contributed by atoms with van der Waals surface area (Å²) in [6, 6.07) is 5.21. The van der Waals surface area contributed by atoms with E-state index in [0.717, 1.165) is 18.5 Å². The van der Waals surface area contributed by atoms with Gasteiger partial charge in [-0.15, -0.1) is 0 Å². The van der Waals surface area contributed by atoms with Crippen molar-refractivity contribution in [2.75, 3.05) is 26.8 Å². The van der Waals surface area contributed by atoms with Crippen LogP contribution in [0.25, 0.3) is 0 Å². The first-order valence-corrected chi connectivity index (χ1v) is 6.62. The molecule has 2 N–H and O–H groups in total. The zero-order chi connectivity index (χ0) is 14.1. The fourth-order valence-electron chi connectivity index (χ4n) is 1.88. The Balaban J connectivity index is 2.54. The van der Waals surface area contributed by atoms with Crippen LogP contribution >= 0.6 is 0 Å². The minimum Gasteiger partial charge on any atom is -0.383 e. The van der Waals surface area contributed by atoms with Crippen molar-refractivity contribution in [2.24, 2.45) is 5.73 Å². The van der Waals surface area contributed by atoms with Gasteiger partial charge in [-0.25, -0.2) is 0 Å². The molecule has 106 valence electrons. The van der Waals surface area contributed by atoms with Crippen LogP contribution in [0.1, 0.15) is 19.0 Å². The van der Waals surface area contributed by atoms with Crippen molar-refractivity contribution < 1.29 is 9.53 Å². The smallest absolute Gasteiger partial charge is 0.241 e. The minimum atomic E-state index is -0.583. The second-order valence-corrected chi connectivity index (χ2v) is 4.46. The van der Waals surface area contributed by atoms with E-state index in [9.17, 15) is 4.79 Å². The lowest BCUT2D eigenvalue weighted by molar-refractivity contribution is -0.133. The zero-order valence-electron chi connectivity index (χ0n) is 11.7. The lowest BCUT2D eigenvalue weighted by Crippen LogP contribution is -2.47. The van der Waals surface area contributed by atoms with E-state index < -0.39 is 6.04 Å². The Morgan fingerprint density at radius 2 is 2.26 bits per heavy atom. The summed E-state index contributed by atoms with van der Waals surface area (Å²) in [5.41, 5.74) is 6.78. The normalized spacial score (nSPS) is 12.2. The van der Waals surface area contributed by atoms with Crippen molar-refractivity contribution in [3.05, 3.63) is 30.1 Å². The van der Waals surface area contributed by atoms with E-state index in [0.29, 0.717) is 13.1 Å². The Morgan fingerprint density at radius 3 is 2.84 bits per heavy atom. The highest BCUT2D eigenvalue weighted by atomic mass is 16.5. The largest absolute Gasteiger partial charge is 0.383 e. The summed E-state index contributed by atoms with van der Waals surface area (Å²) in [6.07, 6.45) is 3.41. The van der Waals surface area contributed by atoms with Gasteiger partial charge in [-0.1, -0.05) is 13.0 Å². The third kappa shape index (κ3) is 5.36. The molecular formula is C14H23N3O2. The van der Waals surface area contributed by atoms with E-state index in [1.54, 1.807) is 18.2 Å². The topological polar surface area (TPSA) is 68.5 Å². The first-order chi connectivity index (χ1) is 9.19. The molecule has 0 radical (unpaired) electrons. The summed E-state index contributed by atoms with van der Waals surface area (Å²) in [4.78, 5) is 18.2. The second kappa shape index (κ2) is 8.61. The van der Waals surface area contributed by atoms with Gasteiger partial charge >= 0.3 is 0 Å². The Morgan fingerprint density at radius 1 is 1.47 bits per heavy atom. The van der Waals surface area contributed by atoms with E-state index in [2.05, 4.69) is 4.98 Å². The van der Waals surface area contributed by atoms with Crippen LogP contribution in [0, 0.1) is 0 Å². The van der Waals surface area contributed by atoms with Gasteiger partial charge in [0.15, 0.2) is 0 Å². The van der Waals surface area contributed by atoms with Crippen LogP contribution in [-0.4, -0.2) is 48.6 Å². The third-order valence-electron chi connectivity index (χ3n) is 2.83. The van der Waals surface area contributed by atoms with Gasteiger partial charge in [-0.2, -0.15) is 0 Å². The van der Waals surface area contributed by atoms with Gasteiger partial charge in [0.25, 0.3) is 0 Å². The molecule has 0 fully saturated rings. The number of ether oxygens (including phenoxy) is 1. The van der Waals surface area contributed by atoms with Crippen LogP contribution in [0.2, 0.25) is 0 Å². The molecule has 5 nitrogen and oxygen atoms in total. The van der Waals surface area contributed by atoms with Crippen molar-refractivity contribution >= 4 is 5.91 Å². The average molecular weight is 265 g/mol. The number of pyridine rings is 1. The second-order valence-electron chi connectivity index (χ2n) is 4.46. The van der Waals surface area contributed by atoms with Crippen LogP contribution in [0.5, 0.6) is 0 Å². The molecule has 19 heavy (non-hydrogen) atoms. The van der Waals surface area contributed by atoms with E-state index in [1.807, 2.05) is 25.1 Å². The molecule has 1 amide bonds. The summed E-state index contributed by atoms with van der Waals surface area (Å²) in [5, 5.41) is 0. The van der Waals surface area contributed by atoms with Crippen molar-refractivity contribution in [2.45, 2.75) is 25.8 Å². The standard InChI is InChI=1S/C14H23N3O2/c1-3-9-17(14(18)13(15)11-19-2)10-7-12-6-4-5-8-16-12/h4-6,8,13H,3,7,9-11,15H2,1-2H3. The minimum absolute atomic E-state index is 0.0559. The number of hydrogen-bond donors (Lipinski definition) is 1. The van der Waals surface area contributed by atoms with Gasteiger partial charge in [-0.05, 0) is 18.6 Å². The van der Waals surface area contributed by atoms with E-state index in [-0.39, 0.29) is 12.5 Å². The Bertz CT molecular complexity index is 370. The number of methoxy groups -OCH3 is 1. The molecule has 1 atom stereocenters. The third-order valence-corrected chi connectivity index (χ3v) is 2.83. The number of nitrogens with zero attached hydrogens (tertiary/aromatic N) is 2. The molecule has 1 rings (SSSR count). The van der Waals surface area contributed by atoms with Crippen LogP contribution in [0.4, 0.5) is 0 Å². The van der Waals surface area contributed by atoms with Crippen molar-refractivity contribution in [1.82, 2.24) is 9.88 Å². The van der Waals surface area contributed by atoms with Gasteiger partial charge in [0.1, 0.15) is 6.04 Å². The number of carbonyl (C=O) groups excluding carboxylic acids is 1. The fourth-order valence-corrected chi connectivity index (χ4v) is 1.88. The summed E-state index contributed by atoms with van der Waals surface area (Å²) in [7, 11) is 1.55.